The molecule has 32 heavy (non-hydrogen) atoms. The highest BCUT2D eigenvalue weighted by molar-refractivity contribution is 5.98. The monoisotopic (exact) mass is 434 g/mol. The number of primary amides is 1. The molecule has 9 nitrogen and oxygen atoms in total. The van der Waals surface area contributed by atoms with Gasteiger partial charge in [0.15, 0.2) is 5.65 Å². The molecule has 2 aromatic heterocycles. The largest absolute Gasteiger partial charge is 0.365 e. The zero-order valence-corrected chi connectivity index (χ0v) is 18.2. The topological polar surface area (TPSA) is 123 Å². The van der Waals surface area contributed by atoms with E-state index in [0.717, 1.165) is 42.9 Å². The minimum Gasteiger partial charge on any atom is -0.365 e. The van der Waals surface area contributed by atoms with Crippen molar-refractivity contribution >= 4 is 29.1 Å². The lowest BCUT2D eigenvalue weighted by Gasteiger charge is -2.15. The summed E-state index contributed by atoms with van der Waals surface area (Å²) in [5.74, 6) is -0.681. The number of nitrogens with one attached hydrogen (secondary N) is 1. The molecule has 3 amide bonds. The zero-order valence-electron chi connectivity index (χ0n) is 18.2. The van der Waals surface area contributed by atoms with E-state index in [1.54, 1.807) is 28.8 Å². The Balaban J connectivity index is 1.40. The molecule has 0 aliphatic carbocycles. The van der Waals surface area contributed by atoms with Crippen LogP contribution in [0.25, 0.3) is 5.65 Å². The summed E-state index contributed by atoms with van der Waals surface area (Å²) in [5, 5.41) is 7.08. The molecule has 9 heteroatoms. The molecule has 0 spiro atoms. The van der Waals surface area contributed by atoms with Crippen LogP contribution in [-0.4, -0.2) is 50.3 Å². The molecule has 1 aliphatic rings. The van der Waals surface area contributed by atoms with E-state index in [2.05, 4.69) is 15.4 Å². The summed E-state index contributed by atoms with van der Waals surface area (Å²) >= 11 is 0. The normalized spacial score (nSPS) is 13.5. The van der Waals surface area contributed by atoms with Gasteiger partial charge >= 0.3 is 0 Å². The number of aryl methyl sites for hydroxylation is 2. The molecule has 0 unspecified atom stereocenters. The predicted molar refractivity (Wildman–Crippen MR) is 120 cm³/mol. The number of nitrogens with two attached hydrogens (primary N) is 1. The summed E-state index contributed by atoms with van der Waals surface area (Å²) in [4.78, 5) is 42.8. The van der Waals surface area contributed by atoms with Gasteiger partial charge in [-0.25, -0.2) is 9.50 Å². The Kier molecular flexibility index (Phi) is 5.89. The summed E-state index contributed by atoms with van der Waals surface area (Å²) in [6, 6.07) is 6.99. The number of carbonyl (C=O) groups excluding carboxylic acids is 3. The highest BCUT2D eigenvalue weighted by Crippen LogP contribution is 2.19. The van der Waals surface area contributed by atoms with E-state index >= 15 is 0 Å². The van der Waals surface area contributed by atoms with Crippen molar-refractivity contribution in [2.24, 2.45) is 5.73 Å². The zero-order chi connectivity index (χ0) is 22.8. The summed E-state index contributed by atoms with van der Waals surface area (Å²) in [7, 11) is 0. The second kappa shape index (κ2) is 8.78. The van der Waals surface area contributed by atoms with Crippen LogP contribution in [-0.2, 0) is 11.2 Å². The molecule has 3 heterocycles. The number of anilines is 1. The molecule has 3 N–H and O–H groups in total. The summed E-state index contributed by atoms with van der Waals surface area (Å²) in [5.41, 5.74) is 9.80. The van der Waals surface area contributed by atoms with Crippen LogP contribution >= 0.6 is 0 Å². The number of carbonyl (C=O) groups is 3. The minimum atomic E-state index is -0.577. The number of hydrogen-bond donors (Lipinski definition) is 2. The second-order valence-electron chi connectivity index (χ2n) is 8.04. The Labute approximate surface area is 185 Å². The maximum atomic E-state index is 12.5. The first-order valence-electron chi connectivity index (χ1n) is 10.7. The average Bonchev–Trinajstić information content (AvgIpc) is 3.44. The number of amides is 3. The lowest BCUT2D eigenvalue weighted by atomic mass is 10.1. The smallest absolute Gasteiger partial charge is 0.254 e. The van der Waals surface area contributed by atoms with Crippen molar-refractivity contribution in [3.05, 3.63) is 58.5 Å². The maximum Gasteiger partial charge on any atom is 0.254 e. The molecule has 0 atom stereocenters. The van der Waals surface area contributed by atoms with Crippen LogP contribution < -0.4 is 11.1 Å². The van der Waals surface area contributed by atoms with E-state index in [1.807, 2.05) is 18.7 Å². The maximum absolute atomic E-state index is 12.5. The highest BCUT2D eigenvalue weighted by atomic mass is 16.2. The standard InChI is InChI=1S/C23H26N6O3/c1-14-18(15(2)29-22(26-14)19(13-25-29)21(24)31)9-10-20(30)27-17-7-5-16(6-8-17)23(32)28-11-3-4-12-28/h5-8,13H,3-4,9-12H2,1-2H3,(H2,24,31)(H,27,30). The van der Waals surface area contributed by atoms with Gasteiger partial charge in [0, 0.05) is 42.1 Å². The average molecular weight is 435 g/mol. The van der Waals surface area contributed by atoms with Crippen molar-refractivity contribution < 1.29 is 14.4 Å². The summed E-state index contributed by atoms with van der Waals surface area (Å²) < 4.78 is 1.58. The lowest BCUT2D eigenvalue weighted by Crippen LogP contribution is -2.27. The van der Waals surface area contributed by atoms with E-state index in [-0.39, 0.29) is 23.8 Å². The van der Waals surface area contributed by atoms with E-state index < -0.39 is 5.91 Å². The molecule has 1 aliphatic heterocycles. The van der Waals surface area contributed by atoms with Crippen molar-refractivity contribution in [3.63, 3.8) is 0 Å². The summed E-state index contributed by atoms with van der Waals surface area (Å²) in [6.07, 6.45) is 4.24. The van der Waals surface area contributed by atoms with E-state index in [9.17, 15) is 14.4 Å². The fraction of sp³-hybridized carbons (Fsp3) is 0.348. The van der Waals surface area contributed by atoms with Gasteiger partial charge in [0.25, 0.3) is 11.8 Å². The Morgan fingerprint density at radius 1 is 1.09 bits per heavy atom. The lowest BCUT2D eigenvalue weighted by molar-refractivity contribution is -0.116. The van der Waals surface area contributed by atoms with E-state index in [0.29, 0.717) is 23.3 Å². The van der Waals surface area contributed by atoms with Crippen molar-refractivity contribution in [2.45, 2.75) is 39.5 Å². The van der Waals surface area contributed by atoms with Gasteiger partial charge in [-0.1, -0.05) is 0 Å². The number of benzene rings is 1. The fourth-order valence-electron chi connectivity index (χ4n) is 4.11. The Morgan fingerprint density at radius 2 is 1.78 bits per heavy atom. The molecule has 3 aromatic rings. The molecule has 0 saturated carbocycles. The first-order chi connectivity index (χ1) is 15.3. The van der Waals surface area contributed by atoms with Crippen LogP contribution in [0, 0.1) is 13.8 Å². The van der Waals surface area contributed by atoms with Crippen molar-refractivity contribution in [1.82, 2.24) is 19.5 Å². The third-order valence-electron chi connectivity index (χ3n) is 5.89. The van der Waals surface area contributed by atoms with Gasteiger partial charge in [-0.15, -0.1) is 0 Å². The quantitative estimate of drug-likeness (QED) is 0.616. The number of hydrogen-bond acceptors (Lipinski definition) is 5. The van der Waals surface area contributed by atoms with Gasteiger partial charge in [0.1, 0.15) is 5.56 Å². The van der Waals surface area contributed by atoms with Gasteiger partial charge in [-0.3, -0.25) is 14.4 Å². The van der Waals surface area contributed by atoms with Gasteiger partial charge < -0.3 is 16.0 Å². The SMILES string of the molecule is Cc1nc2c(C(N)=O)cnn2c(C)c1CCC(=O)Nc1ccc(C(=O)N2CCCC2)cc1. The molecule has 1 fully saturated rings. The van der Waals surface area contributed by atoms with Crippen LogP contribution in [0.2, 0.25) is 0 Å². The number of fused-ring (bicyclic) bond motifs is 1. The van der Waals surface area contributed by atoms with Gasteiger partial charge in [0.2, 0.25) is 5.91 Å². The van der Waals surface area contributed by atoms with Crippen LogP contribution in [0.1, 0.15) is 56.9 Å². The second-order valence-corrected chi connectivity index (χ2v) is 8.04. The first kappa shape index (κ1) is 21.5. The van der Waals surface area contributed by atoms with E-state index in [4.69, 9.17) is 5.73 Å². The third-order valence-corrected chi connectivity index (χ3v) is 5.89. The van der Waals surface area contributed by atoms with Gasteiger partial charge in [-0.05, 0) is 62.9 Å². The Morgan fingerprint density at radius 3 is 2.44 bits per heavy atom. The third kappa shape index (κ3) is 4.18. The minimum absolute atomic E-state index is 0.0346. The number of rotatable bonds is 6. The van der Waals surface area contributed by atoms with Crippen molar-refractivity contribution in [2.75, 3.05) is 18.4 Å². The van der Waals surface area contributed by atoms with E-state index in [1.165, 1.54) is 6.20 Å². The Bertz CT molecular complexity index is 1190. The van der Waals surface area contributed by atoms with Crippen LogP contribution in [0.5, 0.6) is 0 Å². The number of nitrogens with zero attached hydrogens (tertiary/aromatic N) is 4. The van der Waals surface area contributed by atoms with Crippen molar-refractivity contribution in [3.8, 4) is 0 Å². The number of aromatic nitrogens is 3. The van der Waals surface area contributed by atoms with Crippen LogP contribution in [0.4, 0.5) is 5.69 Å². The molecular formula is C23H26N6O3. The number of likely N-dealkylation sites (tertiary alicyclic amines) is 1. The molecular weight excluding hydrogens is 408 g/mol. The first-order valence-corrected chi connectivity index (χ1v) is 10.7. The highest BCUT2D eigenvalue weighted by Gasteiger charge is 2.20. The van der Waals surface area contributed by atoms with Crippen molar-refractivity contribution in [1.29, 1.82) is 0 Å². The molecule has 1 aromatic carbocycles. The van der Waals surface area contributed by atoms with Gasteiger partial charge in [-0.2, -0.15) is 5.10 Å². The van der Waals surface area contributed by atoms with Gasteiger partial charge in [0.05, 0.1) is 6.20 Å². The fourth-order valence-corrected chi connectivity index (χ4v) is 4.11. The molecule has 1 saturated heterocycles. The Hall–Kier alpha value is -3.75. The molecule has 4 rings (SSSR count). The molecule has 166 valence electrons. The molecule has 0 bridgehead atoms. The molecule has 0 radical (unpaired) electrons. The van der Waals surface area contributed by atoms with Crippen LogP contribution in [0.3, 0.4) is 0 Å². The summed E-state index contributed by atoms with van der Waals surface area (Å²) in [6.45, 7) is 5.33. The van der Waals surface area contributed by atoms with Crippen LogP contribution in [0.15, 0.2) is 30.5 Å². The predicted octanol–water partition coefficient (Wildman–Crippen LogP) is 2.25.